The molecule has 2 N–H and O–H groups in total. The Kier molecular flexibility index (Phi) is 10.1. The average Bonchev–Trinajstić information content (AvgIpc) is 3.24. The van der Waals surface area contributed by atoms with Crippen LogP contribution in [0.25, 0.3) is 0 Å². The number of likely N-dealkylation sites (tertiary alicyclic amines) is 2. The minimum atomic E-state index is -0.210. The number of carbonyl (C=O) groups excluding carboxylic acids is 2. The van der Waals surface area contributed by atoms with Gasteiger partial charge in [-0.15, -0.1) is 12.4 Å². The lowest BCUT2D eigenvalue weighted by molar-refractivity contribution is -0.138. The van der Waals surface area contributed by atoms with Gasteiger partial charge in [-0.1, -0.05) is 76.6 Å². The van der Waals surface area contributed by atoms with Crippen molar-refractivity contribution in [2.45, 2.75) is 38.3 Å². The lowest BCUT2D eigenvalue weighted by Crippen LogP contribution is -2.45. The molecule has 3 aromatic carbocycles. The van der Waals surface area contributed by atoms with Crippen LogP contribution in [-0.2, 0) is 11.3 Å². The predicted octanol–water partition coefficient (Wildman–Crippen LogP) is 6.64. The normalized spacial score (nSPS) is 17.5. The topological polar surface area (TPSA) is 64.7 Å². The van der Waals surface area contributed by atoms with Crippen molar-refractivity contribution in [2.75, 3.05) is 31.5 Å². The second-order valence-corrected chi connectivity index (χ2v) is 11.4. The molecule has 3 aromatic rings. The van der Waals surface area contributed by atoms with E-state index >= 15 is 0 Å². The molecular weight excluding hydrogens is 576 g/mol. The molecule has 8 heteroatoms. The fourth-order valence-electron chi connectivity index (χ4n) is 5.69. The molecule has 3 amide bonds. The summed E-state index contributed by atoms with van der Waals surface area (Å²) in [5.74, 6) is 0.321. The van der Waals surface area contributed by atoms with Crippen LogP contribution in [0.3, 0.4) is 0 Å². The smallest absolute Gasteiger partial charge is 0.319 e. The third-order valence-electron chi connectivity index (χ3n) is 7.97. The van der Waals surface area contributed by atoms with Gasteiger partial charge in [0.15, 0.2) is 0 Å². The molecule has 5 rings (SSSR count). The zero-order valence-electron chi connectivity index (χ0n) is 22.0. The molecular formula is C31H36BrClN4O2. The molecule has 2 saturated heterocycles. The van der Waals surface area contributed by atoms with E-state index in [1.54, 1.807) is 0 Å². The van der Waals surface area contributed by atoms with Crippen LogP contribution in [0.4, 0.5) is 10.5 Å². The standard InChI is InChI=1S/C31H35BrN4O2.ClH/c32-26-13-11-24(12-14-26)23-36-22-18-31(29(36)37)16-20-35(21-17-31)19-15-28(25-7-3-1-4-8-25)34-30(38)33-27-9-5-2-6-10-27;/h1-14,28H,15-23H2,(H2,33,34,38);1H. The Bertz CT molecular complexity index is 1220. The van der Waals surface area contributed by atoms with Crippen LogP contribution in [0.5, 0.6) is 0 Å². The molecule has 1 unspecified atom stereocenters. The first-order valence-electron chi connectivity index (χ1n) is 13.4. The van der Waals surface area contributed by atoms with Crippen LogP contribution in [0.2, 0.25) is 0 Å². The van der Waals surface area contributed by atoms with Crippen LogP contribution in [-0.4, -0.2) is 47.9 Å². The quantitative estimate of drug-likeness (QED) is 0.300. The minimum Gasteiger partial charge on any atom is -0.338 e. The molecule has 2 fully saturated rings. The SMILES string of the molecule is Cl.O=C(Nc1ccccc1)NC(CCN1CCC2(CC1)CCN(Cc1ccc(Br)cc1)C2=O)c1ccccc1. The molecule has 0 aliphatic carbocycles. The number of amides is 3. The number of hydrogen-bond donors (Lipinski definition) is 2. The zero-order chi connectivity index (χ0) is 26.4. The number of para-hydroxylation sites is 1. The van der Waals surface area contributed by atoms with E-state index in [-0.39, 0.29) is 29.9 Å². The number of hydrogen-bond acceptors (Lipinski definition) is 3. The van der Waals surface area contributed by atoms with Crippen molar-refractivity contribution in [3.05, 3.63) is 101 Å². The fourth-order valence-corrected chi connectivity index (χ4v) is 5.95. The molecule has 2 aliphatic heterocycles. The first-order valence-corrected chi connectivity index (χ1v) is 14.2. The third-order valence-corrected chi connectivity index (χ3v) is 8.50. The van der Waals surface area contributed by atoms with Crippen LogP contribution >= 0.6 is 28.3 Å². The van der Waals surface area contributed by atoms with E-state index in [4.69, 9.17) is 0 Å². The predicted molar refractivity (Wildman–Crippen MR) is 162 cm³/mol. The first-order chi connectivity index (χ1) is 18.5. The van der Waals surface area contributed by atoms with Gasteiger partial charge >= 0.3 is 6.03 Å². The van der Waals surface area contributed by atoms with Gasteiger partial charge in [0, 0.05) is 29.8 Å². The zero-order valence-corrected chi connectivity index (χ0v) is 24.4. The van der Waals surface area contributed by atoms with Crippen LogP contribution in [0.1, 0.15) is 42.9 Å². The van der Waals surface area contributed by atoms with Crippen molar-refractivity contribution in [2.24, 2.45) is 5.41 Å². The molecule has 0 bridgehead atoms. The van der Waals surface area contributed by atoms with Crippen LogP contribution in [0.15, 0.2) is 89.4 Å². The Morgan fingerprint density at radius 3 is 2.15 bits per heavy atom. The Labute approximate surface area is 245 Å². The maximum atomic E-state index is 13.4. The number of nitrogens with one attached hydrogen (secondary N) is 2. The average molecular weight is 612 g/mol. The second kappa shape index (κ2) is 13.5. The Balaban J connectivity index is 0.00000353. The van der Waals surface area contributed by atoms with Gasteiger partial charge in [-0.25, -0.2) is 4.79 Å². The van der Waals surface area contributed by atoms with E-state index in [0.29, 0.717) is 12.5 Å². The third kappa shape index (κ3) is 7.41. The molecule has 0 saturated carbocycles. The molecule has 6 nitrogen and oxygen atoms in total. The number of piperidine rings is 1. The van der Waals surface area contributed by atoms with E-state index in [1.807, 2.05) is 65.6 Å². The molecule has 0 radical (unpaired) electrons. The van der Waals surface area contributed by atoms with Crippen molar-refractivity contribution in [1.82, 2.24) is 15.1 Å². The summed E-state index contributed by atoms with van der Waals surface area (Å²) in [7, 11) is 0. The van der Waals surface area contributed by atoms with Crippen LogP contribution < -0.4 is 10.6 Å². The van der Waals surface area contributed by atoms with Crippen molar-refractivity contribution in [3.8, 4) is 0 Å². The maximum absolute atomic E-state index is 13.4. The molecule has 206 valence electrons. The van der Waals surface area contributed by atoms with Gasteiger partial charge in [0.25, 0.3) is 0 Å². The summed E-state index contributed by atoms with van der Waals surface area (Å²) in [6.45, 7) is 4.22. The molecule has 0 aromatic heterocycles. The lowest BCUT2D eigenvalue weighted by Gasteiger charge is -2.38. The number of urea groups is 1. The lowest BCUT2D eigenvalue weighted by atomic mass is 9.77. The highest BCUT2D eigenvalue weighted by Gasteiger charge is 2.47. The van der Waals surface area contributed by atoms with Gasteiger partial charge in [0.2, 0.25) is 5.91 Å². The second-order valence-electron chi connectivity index (χ2n) is 10.4. The van der Waals surface area contributed by atoms with Gasteiger partial charge in [0.05, 0.1) is 11.5 Å². The van der Waals surface area contributed by atoms with E-state index in [0.717, 1.165) is 67.6 Å². The molecule has 1 atom stereocenters. The summed E-state index contributed by atoms with van der Waals surface area (Å²) < 4.78 is 1.05. The highest BCUT2D eigenvalue weighted by Crippen LogP contribution is 2.42. The Morgan fingerprint density at radius 2 is 1.49 bits per heavy atom. The number of anilines is 1. The molecule has 2 aliphatic rings. The number of nitrogens with zero attached hydrogens (tertiary/aromatic N) is 2. The van der Waals surface area contributed by atoms with E-state index in [2.05, 4.69) is 55.7 Å². The monoisotopic (exact) mass is 610 g/mol. The highest BCUT2D eigenvalue weighted by molar-refractivity contribution is 9.10. The number of carbonyl (C=O) groups is 2. The summed E-state index contributed by atoms with van der Waals surface area (Å²) >= 11 is 3.48. The Morgan fingerprint density at radius 1 is 0.872 bits per heavy atom. The number of halogens is 2. The largest absolute Gasteiger partial charge is 0.338 e. The van der Waals surface area contributed by atoms with E-state index in [1.165, 1.54) is 5.56 Å². The van der Waals surface area contributed by atoms with Crippen molar-refractivity contribution < 1.29 is 9.59 Å². The molecule has 1 spiro atoms. The summed E-state index contributed by atoms with van der Waals surface area (Å²) in [6.07, 6.45) is 3.56. The van der Waals surface area contributed by atoms with Gasteiger partial charge < -0.3 is 20.4 Å². The maximum Gasteiger partial charge on any atom is 0.319 e. The van der Waals surface area contributed by atoms with Gasteiger partial charge in [-0.3, -0.25) is 4.79 Å². The molecule has 39 heavy (non-hydrogen) atoms. The van der Waals surface area contributed by atoms with Crippen molar-refractivity contribution in [3.63, 3.8) is 0 Å². The number of rotatable bonds is 8. The summed E-state index contributed by atoms with van der Waals surface area (Å²) in [5, 5.41) is 6.10. The van der Waals surface area contributed by atoms with Gasteiger partial charge in [0.1, 0.15) is 0 Å². The fraction of sp³-hybridized carbons (Fsp3) is 0.355. The van der Waals surface area contributed by atoms with Gasteiger partial charge in [-0.05, 0) is 74.2 Å². The van der Waals surface area contributed by atoms with Crippen LogP contribution in [0, 0.1) is 5.41 Å². The molecule has 2 heterocycles. The number of benzene rings is 3. The van der Waals surface area contributed by atoms with E-state index in [9.17, 15) is 9.59 Å². The van der Waals surface area contributed by atoms with E-state index < -0.39 is 0 Å². The Hall–Kier alpha value is -2.87. The minimum absolute atomic E-state index is 0. The van der Waals surface area contributed by atoms with Crippen molar-refractivity contribution >= 4 is 46.0 Å². The highest BCUT2D eigenvalue weighted by atomic mass is 79.9. The van der Waals surface area contributed by atoms with Crippen molar-refractivity contribution in [1.29, 1.82) is 0 Å². The summed E-state index contributed by atoms with van der Waals surface area (Å²) in [5.41, 5.74) is 2.83. The summed E-state index contributed by atoms with van der Waals surface area (Å²) in [6, 6.07) is 27.6. The summed E-state index contributed by atoms with van der Waals surface area (Å²) in [4.78, 5) is 30.7. The first kappa shape index (κ1) is 29.1. The van der Waals surface area contributed by atoms with Gasteiger partial charge in [-0.2, -0.15) is 0 Å².